The number of hydrogen-bond donors (Lipinski definition) is 1. The van der Waals surface area contributed by atoms with Crippen molar-refractivity contribution in [3.05, 3.63) is 66.2 Å². The van der Waals surface area contributed by atoms with Gasteiger partial charge in [-0.3, -0.25) is 0 Å². The molecule has 0 fully saturated rings. The zero-order chi connectivity index (χ0) is 15.0. The molecule has 3 nitrogen and oxygen atoms in total. The van der Waals surface area contributed by atoms with Gasteiger partial charge in [-0.15, -0.1) is 0 Å². The van der Waals surface area contributed by atoms with Crippen LogP contribution in [0.1, 0.15) is 5.56 Å². The Labute approximate surface area is 124 Å². The van der Waals surface area contributed by atoms with E-state index in [9.17, 15) is 8.42 Å². The largest absolute Gasteiger partial charge is 0.398 e. The molecular formula is C17H15NO2S. The predicted molar refractivity (Wildman–Crippen MR) is 85.0 cm³/mol. The molecule has 21 heavy (non-hydrogen) atoms. The van der Waals surface area contributed by atoms with E-state index < -0.39 is 9.84 Å². The Balaban J connectivity index is 2.25. The van der Waals surface area contributed by atoms with Gasteiger partial charge in [0.05, 0.1) is 15.5 Å². The summed E-state index contributed by atoms with van der Waals surface area (Å²) in [5, 5.41) is 1.90. The normalized spacial score (nSPS) is 11.7. The van der Waals surface area contributed by atoms with E-state index >= 15 is 0 Å². The van der Waals surface area contributed by atoms with Gasteiger partial charge in [0.15, 0.2) is 0 Å². The Kier molecular flexibility index (Phi) is 3.18. The number of anilines is 1. The van der Waals surface area contributed by atoms with Crippen LogP contribution in [0.2, 0.25) is 0 Å². The molecule has 0 saturated heterocycles. The third-order valence-electron chi connectivity index (χ3n) is 3.54. The van der Waals surface area contributed by atoms with E-state index in [2.05, 4.69) is 0 Å². The third kappa shape index (κ3) is 2.28. The van der Waals surface area contributed by atoms with Gasteiger partial charge in [0.2, 0.25) is 9.84 Å². The van der Waals surface area contributed by atoms with Crippen molar-refractivity contribution in [3.63, 3.8) is 0 Å². The molecule has 0 aliphatic heterocycles. The lowest BCUT2D eigenvalue weighted by Crippen LogP contribution is -2.07. The minimum Gasteiger partial charge on any atom is -0.398 e. The van der Waals surface area contributed by atoms with E-state index in [1.165, 1.54) is 0 Å². The van der Waals surface area contributed by atoms with Crippen molar-refractivity contribution in [2.24, 2.45) is 0 Å². The summed E-state index contributed by atoms with van der Waals surface area (Å²) in [4.78, 5) is 0.461. The van der Waals surface area contributed by atoms with Gasteiger partial charge >= 0.3 is 0 Å². The van der Waals surface area contributed by atoms with Crippen molar-refractivity contribution in [2.75, 3.05) is 5.73 Å². The van der Waals surface area contributed by atoms with E-state index in [0.717, 1.165) is 10.8 Å². The Bertz CT molecular complexity index is 910. The molecule has 0 aliphatic rings. The van der Waals surface area contributed by atoms with E-state index in [1.807, 2.05) is 30.3 Å². The second-order valence-electron chi connectivity index (χ2n) is 5.01. The van der Waals surface area contributed by atoms with Crippen LogP contribution in [0.5, 0.6) is 0 Å². The molecule has 0 aromatic heterocycles. The number of aryl methyl sites for hydroxylation is 1. The van der Waals surface area contributed by atoms with Gasteiger partial charge in [-0.2, -0.15) is 0 Å². The molecule has 0 bridgehead atoms. The minimum absolute atomic E-state index is 0.195. The monoisotopic (exact) mass is 297 g/mol. The predicted octanol–water partition coefficient (Wildman–Crippen LogP) is 3.56. The molecule has 0 amide bonds. The number of fused-ring (bicyclic) bond motifs is 1. The van der Waals surface area contributed by atoms with Crippen LogP contribution in [0.4, 0.5) is 5.69 Å². The molecule has 0 heterocycles. The zero-order valence-corrected chi connectivity index (χ0v) is 12.4. The van der Waals surface area contributed by atoms with Crippen LogP contribution in [0.3, 0.4) is 0 Å². The van der Waals surface area contributed by atoms with Crippen LogP contribution in [0, 0.1) is 6.92 Å². The summed E-state index contributed by atoms with van der Waals surface area (Å²) in [6.07, 6.45) is 0. The molecule has 3 aromatic carbocycles. The molecule has 0 aliphatic carbocycles. The van der Waals surface area contributed by atoms with Crippen molar-refractivity contribution in [2.45, 2.75) is 16.7 Å². The highest BCUT2D eigenvalue weighted by Crippen LogP contribution is 2.30. The van der Waals surface area contributed by atoms with Crippen molar-refractivity contribution >= 4 is 26.3 Å². The second kappa shape index (κ2) is 4.90. The van der Waals surface area contributed by atoms with Crippen LogP contribution in [-0.4, -0.2) is 8.42 Å². The summed E-state index contributed by atoms with van der Waals surface area (Å²) in [5.74, 6) is 0. The fourth-order valence-corrected chi connectivity index (χ4v) is 4.13. The van der Waals surface area contributed by atoms with Gasteiger partial charge in [0.1, 0.15) is 0 Å². The summed E-state index contributed by atoms with van der Waals surface area (Å²) in [6, 6.07) is 17.9. The summed E-state index contributed by atoms with van der Waals surface area (Å²) in [5.41, 5.74) is 6.81. The van der Waals surface area contributed by atoms with Crippen LogP contribution in [0.25, 0.3) is 10.8 Å². The average Bonchev–Trinajstić information content (AvgIpc) is 2.46. The summed E-state index contributed by atoms with van der Waals surface area (Å²) in [6.45, 7) is 1.75. The summed E-state index contributed by atoms with van der Waals surface area (Å²) >= 11 is 0. The van der Waals surface area contributed by atoms with Crippen molar-refractivity contribution in [1.82, 2.24) is 0 Å². The fraction of sp³-hybridized carbons (Fsp3) is 0.0588. The van der Waals surface area contributed by atoms with Crippen molar-refractivity contribution in [3.8, 4) is 0 Å². The van der Waals surface area contributed by atoms with Gasteiger partial charge in [-0.25, -0.2) is 8.42 Å². The highest BCUT2D eigenvalue weighted by Gasteiger charge is 2.22. The molecule has 0 saturated carbocycles. The van der Waals surface area contributed by atoms with Crippen molar-refractivity contribution < 1.29 is 8.42 Å². The fourth-order valence-electron chi connectivity index (χ4n) is 2.49. The lowest BCUT2D eigenvalue weighted by atomic mass is 10.1. The van der Waals surface area contributed by atoms with Crippen LogP contribution < -0.4 is 5.73 Å². The molecular weight excluding hydrogens is 282 g/mol. The quantitative estimate of drug-likeness (QED) is 0.736. The molecule has 3 aromatic rings. The zero-order valence-electron chi connectivity index (χ0n) is 11.6. The highest BCUT2D eigenvalue weighted by molar-refractivity contribution is 7.91. The summed E-state index contributed by atoms with van der Waals surface area (Å²) in [7, 11) is -3.62. The molecule has 3 rings (SSSR count). The standard InChI is InChI=1S/C17H15NO2S/c1-12-5-4-8-16(18)17(12)21(19,20)15-10-9-13-6-2-3-7-14(13)11-15/h2-11H,18H2,1H3. The number of benzene rings is 3. The van der Waals surface area contributed by atoms with E-state index in [4.69, 9.17) is 5.73 Å². The maximum atomic E-state index is 12.8. The lowest BCUT2D eigenvalue weighted by Gasteiger charge is -2.11. The Morgan fingerprint density at radius 1 is 0.857 bits per heavy atom. The van der Waals surface area contributed by atoms with Gasteiger partial charge in [-0.1, -0.05) is 42.5 Å². The number of nitrogen functional groups attached to an aromatic ring is 1. The highest BCUT2D eigenvalue weighted by atomic mass is 32.2. The maximum absolute atomic E-state index is 12.8. The van der Waals surface area contributed by atoms with Crippen molar-refractivity contribution in [1.29, 1.82) is 0 Å². The first-order chi connectivity index (χ1) is 10.00. The number of nitrogens with two attached hydrogens (primary N) is 1. The van der Waals surface area contributed by atoms with Gasteiger partial charge < -0.3 is 5.73 Å². The SMILES string of the molecule is Cc1cccc(N)c1S(=O)(=O)c1ccc2ccccc2c1. The summed E-state index contributed by atoms with van der Waals surface area (Å²) < 4.78 is 25.7. The molecule has 0 atom stereocenters. The first-order valence-corrected chi connectivity index (χ1v) is 8.07. The molecule has 0 unspecified atom stereocenters. The lowest BCUT2D eigenvalue weighted by molar-refractivity contribution is 0.596. The van der Waals surface area contributed by atoms with Crippen LogP contribution in [-0.2, 0) is 9.84 Å². The number of sulfone groups is 1. The van der Waals surface area contributed by atoms with E-state index in [0.29, 0.717) is 5.56 Å². The van der Waals surface area contributed by atoms with Crippen LogP contribution >= 0.6 is 0 Å². The van der Waals surface area contributed by atoms with Crippen LogP contribution in [0.15, 0.2) is 70.5 Å². The first kappa shape index (κ1) is 13.6. The molecule has 0 spiro atoms. The molecule has 0 radical (unpaired) electrons. The van der Waals surface area contributed by atoms with Gasteiger partial charge in [0, 0.05) is 0 Å². The van der Waals surface area contributed by atoms with E-state index in [-0.39, 0.29) is 15.5 Å². The molecule has 106 valence electrons. The Hall–Kier alpha value is -2.33. The number of hydrogen-bond acceptors (Lipinski definition) is 3. The van der Waals surface area contributed by atoms with E-state index in [1.54, 1.807) is 37.3 Å². The Morgan fingerprint density at radius 2 is 1.57 bits per heavy atom. The second-order valence-corrected chi connectivity index (χ2v) is 6.89. The number of rotatable bonds is 2. The Morgan fingerprint density at radius 3 is 2.29 bits per heavy atom. The minimum atomic E-state index is -3.62. The molecule has 2 N–H and O–H groups in total. The maximum Gasteiger partial charge on any atom is 0.208 e. The smallest absolute Gasteiger partial charge is 0.208 e. The van der Waals surface area contributed by atoms with Gasteiger partial charge in [0.25, 0.3) is 0 Å². The third-order valence-corrected chi connectivity index (χ3v) is 5.51. The topological polar surface area (TPSA) is 60.2 Å². The average molecular weight is 297 g/mol. The first-order valence-electron chi connectivity index (χ1n) is 6.59. The molecule has 4 heteroatoms. The van der Waals surface area contributed by atoms with Gasteiger partial charge in [-0.05, 0) is 41.5 Å².